The Kier molecular flexibility index (Phi) is 12.8. The standard InChI is InChI=1S/C38H90Si7/c1-31(2,3)41(26,32(4,5)6)39(25)40(42(27,33(7,8)9)34(10,11)12)45(30,43(28,35(13,14)15)36(16,17)18)44(29,37(19,20)21)38(22,23)24/h1-30H3/b40-39+. The van der Waals surface area contributed by atoms with E-state index in [1.54, 1.807) is 0 Å². The van der Waals surface area contributed by atoms with Gasteiger partial charge in [-0.1, -0.05) is 205 Å². The molecule has 0 N–H and O–H groups in total. The predicted molar refractivity (Wildman–Crippen MR) is 233 cm³/mol. The van der Waals surface area contributed by atoms with Gasteiger partial charge in [0.25, 0.3) is 0 Å². The van der Waals surface area contributed by atoms with E-state index in [1.807, 2.05) is 0 Å². The maximum absolute atomic E-state index is 3.23. The third kappa shape index (κ3) is 6.69. The Labute approximate surface area is 295 Å². The summed E-state index contributed by atoms with van der Waals surface area (Å²) in [6.45, 7) is 81.0. The highest BCUT2D eigenvalue weighted by Crippen LogP contribution is 2.67. The average molecular weight is 744 g/mol. The Bertz CT molecular complexity index is 993. The van der Waals surface area contributed by atoms with Gasteiger partial charge in [0.15, 0.2) is 0 Å². The first-order valence-corrected chi connectivity index (χ1v) is 40.5. The van der Waals surface area contributed by atoms with Crippen LogP contribution in [-0.2, 0) is 0 Å². The highest BCUT2D eigenvalue weighted by atomic mass is 30.1. The van der Waals surface area contributed by atoms with E-state index >= 15 is 0 Å². The minimum Gasteiger partial charge on any atom is -0.0728 e. The zero-order valence-corrected chi connectivity index (χ0v) is 44.5. The highest BCUT2D eigenvalue weighted by Gasteiger charge is 2.76. The lowest BCUT2D eigenvalue weighted by molar-refractivity contribution is 0.623. The second-order valence-electron chi connectivity index (χ2n) is 24.6. The Balaban J connectivity index is 10.3. The summed E-state index contributed by atoms with van der Waals surface area (Å²) < 4.78 is 0. The molecule has 0 unspecified atom stereocenters. The first-order valence-electron chi connectivity index (χ1n) is 18.5. The van der Waals surface area contributed by atoms with Gasteiger partial charge in [0.2, 0.25) is 0 Å². The van der Waals surface area contributed by atoms with Gasteiger partial charge in [-0.3, -0.25) is 0 Å². The van der Waals surface area contributed by atoms with Crippen molar-refractivity contribution in [1.29, 1.82) is 0 Å². The normalized spacial score (nSPS) is 17.5. The summed E-state index contributed by atoms with van der Waals surface area (Å²) in [6.07, 6.45) is 0. The zero-order valence-electron chi connectivity index (χ0n) is 37.5. The smallest absolute Gasteiger partial charge is 0.0662 e. The lowest BCUT2D eigenvalue weighted by atomic mass is 10.2. The van der Waals surface area contributed by atoms with Gasteiger partial charge in [0.05, 0.1) is 30.4 Å². The molecule has 0 aliphatic rings. The molecule has 0 radical (unpaired) electrons. The third-order valence-electron chi connectivity index (χ3n) is 16.1. The lowest BCUT2D eigenvalue weighted by Crippen LogP contribution is -2.93. The molecule has 0 aromatic carbocycles. The number of rotatable bonds is 5. The van der Waals surface area contributed by atoms with Crippen LogP contribution in [0.5, 0.6) is 0 Å². The van der Waals surface area contributed by atoms with Crippen LogP contribution in [0.3, 0.4) is 0 Å². The molecule has 0 saturated heterocycles. The van der Waals surface area contributed by atoms with Crippen molar-refractivity contribution in [2.75, 3.05) is 0 Å². The second-order valence-corrected chi connectivity index (χ2v) is 90.4. The van der Waals surface area contributed by atoms with Crippen LogP contribution in [0.2, 0.25) is 79.6 Å². The number of hydrogen-bond donors (Lipinski definition) is 0. The minimum atomic E-state index is -2.09. The SMILES string of the molecule is C/[Si](=[Si](/[Si](C)(C(C)(C)C)C(C)(C)C)[Si](C)([Si](C)(C(C)(C)C)C(C)(C)C)[Si](C)(C(C)(C)C)C(C)(C)C)[Si](C)(C(C)(C)C)C(C)(C)C. The maximum Gasteiger partial charge on any atom is 0.0662 e. The van der Waals surface area contributed by atoms with Gasteiger partial charge >= 0.3 is 0 Å². The fourth-order valence-electron chi connectivity index (χ4n) is 11.9. The van der Waals surface area contributed by atoms with Crippen molar-refractivity contribution < 1.29 is 0 Å². The van der Waals surface area contributed by atoms with Crippen molar-refractivity contribution in [3.05, 3.63) is 0 Å². The maximum atomic E-state index is 3.23. The Morgan fingerprint density at radius 3 is 0.600 bits per heavy atom. The summed E-state index contributed by atoms with van der Waals surface area (Å²) in [4.78, 5) is 0. The first-order chi connectivity index (χ1) is 18.8. The summed E-state index contributed by atoms with van der Waals surface area (Å²) in [5, 5.41) is 2.88. The molecule has 0 amide bonds. The van der Waals surface area contributed by atoms with E-state index in [4.69, 9.17) is 0 Å². The van der Waals surface area contributed by atoms with Crippen LogP contribution >= 0.6 is 0 Å². The quantitative estimate of drug-likeness (QED) is 0.246. The van der Waals surface area contributed by atoms with Crippen LogP contribution in [0.15, 0.2) is 0 Å². The van der Waals surface area contributed by atoms with Crippen LogP contribution < -0.4 is 0 Å². The van der Waals surface area contributed by atoms with Crippen LogP contribution in [0.1, 0.15) is 166 Å². The zero-order chi connectivity index (χ0) is 37.7. The van der Waals surface area contributed by atoms with Gasteiger partial charge in [0, 0.05) is 6.63 Å². The molecule has 0 atom stereocenters. The summed E-state index contributed by atoms with van der Waals surface area (Å²) >= 11 is 0. The largest absolute Gasteiger partial charge is 0.0728 e. The Morgan fingerprint density at radius 2 is 0.467 bits per heavy atom. The Hall–Kier alpha value is 1.52. The van der Waals surface area contributed by atoms with Crippen molar-refractivity contribution in [2.24, 2.45) is 0 Å². The minimum absolute atomic E-state index is 0.349. The van der Waals surface area contributed by atoms with E-state index in [1.165, 1.54) is 0 Å². The molecule has 270 valence electrons. The van der Waals surface area contributed by atoms with Crippen molar-refractivity contribution in [2.45, 2.75) is 246 Å². The summed E-state index contributed by atoms with van der Waals surface area (Å²) in [5.41, 5.74) is 0. The van der Waals surface area contributed by atoms with E-state index in [0.29, 0.717) is 40.3 Å². The van der Waals surface area contributed by atoms with Crippen molar-refractivity contribution in [1.82, 2.24) is 0 Å². The van der Waals surface area contributed by atoms with E-state index < -0.39 is 51.3 Å². The van der Waals surface area contributed by atoms with Crippen molar-refractivity contribution in [3.8, 4) is 0 Å². The third-order valence-corrected chi connectivity index (χ3v) is 159. The van der Waals surface area contributed by atoms with Gasteiger partial charge in [-0.15, -0.1) is 0 Å². The van der Waals surface area contributed by atoms with Crippen LogP contribution in [0, 0.1) is 0 Å². The highest BCUT2D eigenvalue weighted by molar-refractivity contribution is 7.99. The fourth-order valence-corrected chi connectivity index (χ4v) is 256. The van der Waals surface area contributed by atoms with Crippen molar-refractivity contribution >= 4 is 51.3 Å². The lowest BCUT2D eigenvalue weighted by Gasteiger charge is -2.74. The summed E-state index contributed by atoms with van der Waals surface area (Å²) in [5.74, 6) is 0. The molecule has 0 aliphatic heterocycles. The van der Waals surface area contributed by atoms with E-state index in [0.717, 1.165) is 0 Å². The van der Waals surface area contributed by atoms with E-state index in [2.05, 4.69) is 205 Å². The predicted octanol–water partition coefficient (Wildman–Crippen LogP) is 14.9. The summed E-state index contributed by atoms with van der Waals surface area (Å²) in [7, 11) is -8.57. The van der Waals surface area contributed by atoms with E-state index in [-0.39, 0.29) is 0 Å². The van der Waals surface area contributed by atoms with Gasteiger partial charge in [-0.05, 0) is 54.6 Å². The van der Waals surface area contributed by atoms with Gasteiger partial charge in [0.1, 0.15) is 0 Å². The van der Waals surface area contributed by atoms with E-state index in [9.17, 15) is 0 Å². The van der Waals surface area contributed by atoms with Gasteiger partial charge in [-0.25, -0.2) is 0 Å². The molecular weight excluding hydrogens is 653 g/mol. The molecule has 0 aliphatic carbocycles. The van der Waals surface area contributed by atoms with Crippen LogP contribution in [0.4, 0.5) is 0 Å². The summed E-state index contributed by atoms with van der Waals surface area (Å²) in [6, 6.07) is 0. The molecule has 0 rings (SSSR count). The molecular formula is C38H90Si7. The molecule has 0 nitrogen and oxygen atoms in total. The molecule has 0 aromatic heterocycles. The Morgan fingerprint density at radius 1 is 0.289 bits per heavy atom. The van der Waals surface area contributed by atoms with Crippen molar-refractivity contribution in [3.63, 3.8) is 0 Å². The molecule has 0 fully saturated rings. The first kappa shape index (κ1) is 46.5. The van der Waals surface area contributed by atoms with Gasteiger partial charge in [-0.2, -0.15) is 0 Å². The molecule has 0 heterocycles. The second kappa shape index (κ2) is 12.3. The topological polar surface area (TPSA) is 0 Å². The monoisotopic (exact) mass is 743 g/mol. The fraction of sp³-hybridized carbons (Fsp3) is 1.00. The molecule has 0 bridgehead atoms. The van der Waals surface area contributed by atoms with Gasteiger partial charge < -0.3 is 0 Å². The molecule has 45 heavy (non-hydrogen) atoms. The molecule has 7 heteroatoms. The molecule has 0 saturated carbocycles. The van der Waals surface area contributed by atoms with Crippen LogP contribution in [-0.4, -0.2) is 51.3 Å². The molecule has 0 aromatic rings. The number of hydrogen-bond acceptors (Lipinski definition) is 0. The average Bonchev–Trinajstić information content (AvgIpc) is 2.70. The van der Waals surface area contributed by atoms with Crippen LogP contribution in [0.25, 0.3) is 0 Å². The molecule has 0 spiro atoms.